The summed E-state index contributed by atoms with van der Waals surface area (Å²) < 4.78 is 1.87. The molecule has 0 bridgehead atoms. The number of carbonyl (C=O) groups is 1. The third-order valence-corrected chi connectivity index (χ3v) is 5.93. The molecule has 1 unspecified atom stereocenters. The Kier molecular flexibility index (Phi) is 5.73. The molecule has 0 spiro atoms. The van der Waals surface area contributed by atoms with Gasteiger partial charge in [0.05, 0.1) is 17.1 Å². The van der Waals surface area contributed by atoms with E-state index in [4.69, 9.17) is 4.98 Å². The molecular formula is C23H31N5O2. The van der Waals surface area contributed by atoms with E-state index in [1.165, 1.54) is 0 Å². The highest BCUT2D eigenvalue weighted by molar-refractivity contribution is 6.05. The van der Waals surface area contributed by atoms with E-state index in [0.717, 1.165) is 65.7 Å². The van der Waals surface area contributed by atoms with Gasteiger partial charge < -0.3 is 10.4 Å². The Hall–Kier alpha value is -2.54. The quantitative estimate of drug-likeness (QED) is 0.679. The Morgan fingerprint density at radius 3 is 2.77 bits per heavy atom. The van der Waals surface area contributed by atoms with Crippen LogP contribution >= 0.6 is 0 Å². The van der Waals surface area contributed by atoms with E-state index < -0.39 is 6.23 Å². The summed E-state index contributed by atoms with van der Waals surface area (Å²) in [6.07, 6.45) is 5.77. The summed E-state index contributed by atoms with van der Waals surface area (Å²) >= 11 is 0. The van der Waals surface area contributed by atoms with Gasteiger partial charge >= 0.3 is 0 Å². The predicted octanol–water partition coefficient (Wildman–Crippen LogP) is 3.90. The number of pyridine rings is 1. The molecule has 1 fully saturated rings. The van der Waals surface area contributed by atoms with Crippen molar-refractivity contribution in [2.24, 2.45) is 4.99 Å². The van der Waals surface area contributed by atoms with Gasteiger partial charge in [0.25, 0.3) is 5.91 Å². The standard InChI is InChI=1S/C23H31N5O2/c1-5-6-16-9-14(4)18(23(30)26-16)11-24-22(29)17-10-20(15-7-8-15)27-21-19(17)12-25-28(21)13(2)3/h10,12-13,15,23,30H,5-9,11H2,1-4H3,(H,24,29). The molecule has 7 heteroatoms. The number of nitrogens with one attached hydrogen (secondary N) is 1. The van der Waals surface area contributed by atoms with E-state index in [1.807, 2.05) is 17.7 Å². The first-order valence-electron chi connectivity index (χ1n) is 11.0. The first-order valence-corrected chi connectivity index (χ1v) is 11.0. The molecule has 30 heavy (non-hydrogen) atoms. The molecule has 0 saturated heterocycles. The fourth-order valence-electron chi connectivity index (χ4n) is 4.08. The number of rotatable bonds is 7. The first-order chi connectivity index (χ1) is 14.4. The molecule has 1 aliphatic carbocycles. The van der Waals surface area contributed by atoms with Crippen LogP contribution in [0.1, 0.15) is 87.8 Å². The second-order valence-electron chi connectivity index (χ2n) is 8.77. The second kappa shape index (κ2) is 8.30. The minimum atomic E-state index is -0.872. The number of allylic oxidation sites excluding steroid dienone is 1. The molecule has 2 aromatic rings. The lowest BCUT2D eigenvalue weighted by atomic mass is 9.97. The number of hydrogen-bond acceptors (Lipinski definition) is 5. The highest BCUT2D eigenvalue weighted by Gasteiger charge is 2.28. The molecule has 1 aliphatic heterocycles. The lowest BCUT2D eigenvalue weighted by molar-refractivity contribution is 0.0955. The van der Waals surface area contributed by atoms with Crippen molar-refractivity contribution in [1.82, 2.24) is 20.1 Å². The van der Waals surface area contributed by atoms with Crippen LogP contribution in [0.4, 0.5) is 0 Å². The number of fused-ring (bicyclic) bond motifs is 1. The molecule has 4 rings (SSSR count). The van der Waals surface area contributed by atoms with E-state index in [2.05, 4.69) is 36.2 Å². The van der Waals surface area contributed by atoms with E-state index in [9.17, 15) is 9.90 Å². The van der Waals surface area contributed by atoms with Crippen LogP contribution in [0.3, 0.4) is 0 Å². The Morgan fingerprint density at radius 2 is 2.13 bits per heavy atom. The summed E-state index contributed by atoms with van der Waals surface area (Å²) in [5.41, 5.74) is 5.25. The number of hydrogen-bond donors (Lipinski definition) is 2. The molecule has 0 radical (unpaired) electrons. The van der Waals surface area contributed by atoms with Crippen molar-refractivity contribution in [2.45, 2.75) is 78.0 Å². The van der Waals surface area contributed by atoms with Crippen molar-refractivity contribution in [2.75, 3.05) is 6.54 Å². The first kappa shape index (κ1) is 20.7. The fourth-order valence-corrected chi connectivity index (χ4v) is 4.08. The maximum atomic E-state index is 13.1. The Labute approximate surface area is 177 Å². The van der Waals surface area contributed by atoms with Crippen molar-refractivity contribution in [3.63, 3.8) is 0 Å². The van der Waals surface area contributed by atoms with Gasteiger partial charge in [-0.1, -0.05) is 18.9 Å². The van der Waals surface area contributed by atoms with E-state index >= 15 is 0 Å². The largest absolute Gasteiger partial charge is 0.368 e. The van der Waals surface area contributed by atoms with Crippen molar-refractivity contribution >= 4 is 22.7 Å². The van der Waals surface area contributed by atoms with Gasteiger partial charge in [-0.2, -0.15) is 5.10 Å². The molecule has 7 nitrogen and oxygen atoms in total. The minimum absolute atomic E-state index is 0.163. The zero-order chi connectivity index (χ0) is 21.4. The number of aliphatic imine (C=N–C) groups is 1. The maximum absolute atomic E-state index is 13.1. The van der Waals surface area contributed by atoms with Crippen LogP contribution in [0, 0.1) is 0 Å². The third-order valence-electron chi connectivity index (χ3n) is 5.93. The van der Waals surface area contributed by atoms with Crippen LogP contribution in [0.25, 0.3) is 11.0 Å². The second-order valence-corrected chi connectivity index (χ2v) is 8.77. The topological polar surface area (TPSA) is 92.4 Å². The highest BCUT2D eigenvalue weighted by Crippen LogP contribution is 2.40. The molecule has 2 N–H and O–H groups in total. The predicted molar refractivity (Wildman–Crippen MR) is 118 cm³/mol. The SMILES string of the molecule is CCCC1=NC(O)C(CNC(=O)c2cc(C3CC3)nc3c2cnn3C(C)C)=C(C)C1. The summed E-state index contributed by atoms with van der Waals surface area (Å²) in [6.45, 7) is 8.53. The van der Waals surface area contributed by atoms with Crippen LogP contribution < -0.4 is 5.32 Å². The molecule has 160 valence electrons. The number of nitrogens with zero attached hydrogens (tertiary/aromatic N) is 4. The van der Waals surface area contributed by atoms with E-state index in [0.29, 0.717) is 11.5 Å². The van der Waals surface area contributed by atoms with Crippen molar-refractivity contribution < 1.29 is 9.90 Å². The Bertz CT molecular complexity index is 1030. The van der Waals surface area contributed by atoms with Crippen LogP contribution in [0.15, 0.2) is 28.4 Å². The normalized spacial score (nSPS) is 19.5. The van der Waals surface area contributed by atoms with Gasteiger partial charge in [0.15, 0.2) is 11.9 Å². The summed E-state index contributed by atoms with van der Waals surface area (Å²) in [5, 5.41) is 18.7. The summed E-state index contributed by atoms with van der Waals surface area (Å²) in [6, 6.07) is 2.08. The zero-order valence-electron chi connectivity index (χ0n) is 18.3. The van der Waals surface area contributed by atoms with Gasteiger partial charge in [0.1, 0.15) is 0 Å². The molecule has 3 heterocycles. The number of carbonyl (C=O) groups excluding carboxylic acids is 1. The monoisotopic (exact) mass is 409 g/mol. The van der Waals surface area contributed by atoms with Crippen LogP contribution in [-0.4, -0.2) is 44.3 Å². The molecular weight excluding hydrogens is 378 g/mol. The van der Waals surface area contributed by atoms with Crippen molar-refractivity contribution in [1.29, 1.82) is 0 Å². The van der Waals surface area contributed by atoms with Gasteiger partial charge in [0.2, 0.25) is 0 Å². The molecule has 1 atom stereocenters. The van der Waals surface area contributed by atoms with E-state index in [1.54, 1.807) is 6.20 Å². The lowest BCUT2D eigenvalue weighted by Crippen LogP contribution is -2.31. The number of aromatic nitrogens is 3. The average Bonchev–Trinajstić information content (AvgIpc) is 3.45. The zero-order valence-corrected chi connectivity index (χ0v) is 18.3. The average molecular weight is 410 g/mol. The van der Waals surface area contributed by atoms with Gasteiger partial charge in [0, 0.05) is 36.3 Å². The summed E-state index contributed by atoms with van der Waals surface area (Å²) in [4.78, 5) is 22.4. The molecule has 1 amide bonds. The molecule has 2 aromatic heterocycles. The van der Waals surface area contributed by atoms with Crippen molar-refractivity contribution in [3.05, 3.63) is 34.7 Å². The van der Waals surface area contributed by atoms with E-state index in [-0.39, 0.29) is 18.5 Å². The summed E-state index contributed by atoms with van der Waals surface area (Å²) in [5.74, 6) is 0.274. The van der Waals surface area contributed by atoms with Gasteiger partial charge in [-0.25, -0.2) is 9.67 Å². The molecule has 0 aromatic carbocycles. The minimum Gasteiger partial charge on any atom is -0.368 e. The summed E-state index contributed by atoms with van der Waals surface area (Å²) in [7, 11) is 0. The van der Waals surface area contributed by atoms with Crippen LogP contribution in [0.2, 0.25) is 0 Å². The number of amides is 1. The molecule has 1 saturated carbocycles. The Balaban J connectivity index is 1.57. The Morgan fingerprint density at radius 1 is 1.37 bits per heavy atom. The van der Waals surface area contributed by atoms with Crippen LogP contribution in [-0.2, 0) is 0 Å². The van der Waals surface area contributed by atoms with Gasteiger partial charge in [-0.15, -0.1) is 0 Å². The van der Waals surface area contributed by atoms with Gasteiger partial charge in [-0.3, -0.25) is 9.79 Å². The van der Waals surface area contributed by atoms with Crippen LogP contribution in [0.5, 0.6) is 0 Å². The molecule has 2 aliphatic rings. The smallest absolute Gasteiger partial charge is 0.252 e. The van der Waals surface area contributed by atoms with Gasteiger partial charge in [-0.05, 0) is 51.7 Å². The highest BCUT2D eigenvalue weighted by atomic mass is 16.3. The number of aliphatic hydroxyl groups excluding tert-OH is 1. The fraction of sp³-hybridized carbons (Fsp3) is 0.565. The number of aliphatic hydroxyl groups is 1. The van der Waals surface area contributed by atoms with Crippen molar-refractivity contribution in [3.8, 4) is 0 Å². The number of dihydropyridines is 1. The lowest BCUT2D eigenvalue weighted by Gasteiger charge is -2.23. The third kappa shape index (κ3) is 4.03. The maximum Gasteiger partial charge on any atom is 0.252 e.